The number of nitro groups is 2. The summed E-state index contributed by atoms with van der Waals surface area (Å²) in [5.41, 5.74) is 2.31. The highest BCUT2D eigenvalue weighted by Gasteiger charge is 2.29. The van der Waals surface area contributed by atoms with Gasteiger partial charge in [0, 0.05) is 56.0 Å². The second kappa shape index (κ2) is 15.7. The number of benzene rings is 4. The van der Waals surface area contributed by atoms with Crippen molar-refractivity contribution in [2.75, 3.05) is 61.7 Å². The molecule has 1 saturated heterocycles. The third-order valence-corrected chi connectivity index (χ3v) is 9.00. The van der Waals surface area contributed by atoms with Crippen molar-refractivity contribution < 1.29 is 43.1 Å². The first kappa shape index (κ1) is 36.9. The second-order valence-corrected chi connectivity index (χ2v) is 11.8. The number of nitro benzene ring substituents is 2. The Hall–Kier alpha value is -6.38. The van der Waals surface area contributed by atoms with E-state index in [-0.39, 0.29) is 48.7 Å². The number of nitrogens with zero attached hydrogens (tertiary/aromatic N) is 4. The lowest BCUT2D eigenvalue weighted by Gasteiger charge is -2.24. The van der Waals surface area contributed by atoms with Crippen molar-refractivity contribution in [1.82, 2.24) is 9.80 Å². The topological polar surface area (TPSA) is 173 Å². The number of rotatable bonds is 11. The van der Waals surface area contributed by atoms with Crippen LogP contribution >= 0.6 is 0 Å². The molecule has 0 N–H and O–H groups in total. The molecule has 272 valence electrons. The van der Waals surface area contributed by atoms with Gasteiger partial charge in [-0.1, -0.05) is 0 Å². The molecule has 0 bridgehead atoms. The van der Waals surface area contributed by atoms with Crippen LogP contribution in [0, 0.1) is 27.2 Å². The van der Waals surface area contributed by atoms with Gasteiger partial charge in [0.1, 0.15) is 11.5 Å². The predicted octanol–water partition coefficient (Wildman–Crippen LogP) is 6.18. The molecule has 15 nitrogen and oxygen atoms in total. The highest BCUT2D eigenvalue weighted by atomic mass is 16.6. The zero-order chi connectivity index (χ0) is 37.7. The molecule has 5 rings (SSSR count). The molecule has 1 aliphatic heterocycles. The number of amides is 2. The molecule has 0 unspecified atom stereocenters. The van der Waals surface area contributed by atoms with Crippen LogP contribution in [0.2, 0.25) is 0 Å². The lowest BCUT2D eigenvalue weighted by Crippen LogP contribution is -2.37. The first-order chi connectivity index (χ1) is 24.9. The molecular weight excluding hydrogens is 676 g/mol. The van der Waals surface area contributed by atoms with E-state index in [0.29, 0.717) is 57.4 Å². The van der Waals surface area contributed by atoms with Gasteiger partial charge in [-0.15, -0.1) is 0 Å². The molecule has 1 heterocycles. The van der Waals surface area contributed by atoms with Gasteiger partial charge in [0.25, 0.3) is 23.2 Å². The van der Waals surface area contributed by atoms with Crippen molar-refractivity contribution in [3.8, 4) is 51.0 Å². The molecule has 15 heteroatoms. The Kier molecular flexibility index (Phi) is 11.1. The van der Waals surface area contributed by atoms with Crippen LogP contribution in [0.1, 0.15) is 32.7 Å². The summed E-state index contributed by atoms with van der Waals surface area (Å²) in [5, 5.41) is 23.6. The van der Waals surface area contributed by atoms with Crippen LogP contribution in [0.15, 0.2) is 60.7 Å². The van der Waals surface area contributed by atoms with E-state index in [2.05, 4.69) is 0 Å². The highest BCUT2D eigenvalue weighted by molar-refractivity contribution is 6.03. The summed E-state index contributed by atoms with van der Waals surface area (Å²) >= 11 is 0. The Morgan fingerprint density at radius 3 is 1.31 bits per heavy atom. The fourth-order valence-electron chi connectivity index (χ4n) is 6.29. The molecule has 0 atom stereocenters. The van der Waals surface area contributed by atoms with Crippen molar-refractivity contribution in [3.05, 3.63) is 97.6 Å². The minimum atomic E-state index is -0.575. The normalized spacial score (nSPS) is 12.8. The van der Waals surface area contributed by atoms with Crippen LogP contribution in [0.5, 0.6) is 28.7 Å². The Morgan fingerprint density at radius 1 is 0.577 bits per heavy atom. The summed E-state index contributed by atoms with van der Waals surface area (Å²) in [6, 6.07) is 14.9. The maximum atomic E-state index is 14.2. The minimum Gasteiger partial charge on any atom is -0.496 e. The van der Waals surface area contributed by atoms with Gasteiger partial charge >= 0.3 is 0 Å². The van der Waals surface area contributed by atoms with E-state index in [4.69, 9.17) is 23.7 Å². The molecule has 1 fully saturated rings. The van der Waals surface area contributed by atoms with Gasteiger partial charge in [-0.25, -0.2) is 0 Å². The predicted molar refractivity (Wildman–Crippen MR) is 191 cm³/mol. The van der Waals surface area contributed by atoms with Crippen LogP contribution in [0.25, 0.3) is 22.3 Å². The van der Waals surface area contributed by atoms with E-state index in [9.17, 15) is 29.8 Å². The van der Waals surface area contributed by atoms with Gasteiger partial charge in [-0.05, 0) is 72.0 Å². The fraction of sp³-hybridized carbons (Fsp3) is 0.297. The summed E-state index contributed by atoms with van der Waals surface area (Å²) in [5.74, 6) is 1.11. The number of carbonyl (C=O) groups is 2. The highest BCUT2D eigenvalue weighted by Crippen LogP contribution is 2.43. The van der Waals surface area contributed by atoms with Gasteiger partial charge < -0.3 is 33.5 Å². The Labute approximate surface area is 299 Å². The van der Waals surface area contributed by atoms with Crippen LogP contribution in [-0.2, 0) is 0 Å². The standard InChI is InChI=1S/C37H38N4O11/c1-22-31(48-2)16-23(17-32(22)49-3)27-10-8-25(40(44)45)20-29(27)36(42)38-12-7-13-39(15-14-38)37(43)30-21-26(41(46)47)9-11-28(30)24-18-33(50-4)35(52-6)34(19-24)51-5/h8-11,16-21H,7,12-15H2,1-6H3. The SMILES string of the molecule is COc1cc(-c2ccc([N+](=O)[O-])cc2C(=O)N2CCCN(C(=O)c3cc([N+](=O)[O-])ccc3-c3cc(OC)c(OC)c(OC)c3)CC2)cc(OC)c1C. The summed E-state index contributed by atoms with van der Waals surface area (Å²) in [7, 11) is 7.40. The number of hydrogen-bond acceptors (Lipinski definition) is 11. The number of hydrogen-bond donors (Lipinski definition) is 0. The number of carbonyl (C=O) groups excluding carboxylic acids is 2. The van der Waals surface area contributed by atoms with Gasteiger partial charge in [-0.3, -0.25) is 29.8 Å². The summed E-state index contributed by atoms with van der Waals surface area (Å²) in [6.45, 7) is 2.52. The summed E-state index contributed by atoms with van der Waals surface area (Å²) in [6.07, 6.45) is 0.377. The lowest BCUT2D eigenvalue weighted by atomic mass is 9.96. The van der Waals surface area contributed by atoms with Crippen LogP contribution in [-0.4, -0.2) is 93.2 Å². The molecular formula is C37H38N4O11. The first-order valence-electron chi connectivity index (χ1n) is 16.1. The van der Waals surface area contributed by atoms with Crippen molar-refractivity contribution in [2.45, 2.75) is 13.3 Å². The number of ether oxygens (including phenoxy) is 5. The first-order valence-corrected chi connectivity index (χ1v) is 16.1. The largest absolute Gasteiger partial charge is 0.496 e. The van der Waals surface area contributed by atoms with Gasteiger partial charge in [0.2, 0.25) is 5.75 Å². The van der Waals surface area contributed by atoms with E-state index < -0.39 is 21.7 Å². The number of methoxy groups -OCH3 is 5. The molecule has 4 aromatic carbocycles. The van der Waals surface area contributed by atoms with Crippen molar-refractivity contribution in [3.63, 3.8) is 0 Å². The monoisotopic (exact) mass is 714 g/mol. The molecule has 0 saturated carbocycles. The van der Waals surface area contributed by atoms with E-state index in [1.807, 2.05) is 6.92 Å². The van der Waals surface area contributed by atoms with Gasteiger partial charge in [0.05, 0.1) is 56.5 Å². The zero-order valence-electron chi connectivity index (χ0n) is 29.6. The average Bonchev–Trinajstić information content (AvgIpc) is 3.42. The van der Waals surface area contributed by atoms with Crippen molar-refractivity contribution in [2.24, 2.45) is 0 Å². The third-order valence-electron chi connectivity index (χ3n) is 9.00. The molecule has 0 radical (unpaired) electrons. The van der Waals surface area contributed by atoms with E-state index in [1.54, 1.807) is 29.2 Å². The zero-order valence-corrected chi connectivity index (χ0v) is 29.6. The summed E-state index contributed by atoms with van der Waals surface area (Å²) in [4.78, 5) is 54.0. The minimum absolute atomic E-state index is 0.0754. The molecule has 1 aliphatic rings. The molecule has 0 aromatic heterocycles. The maximum Gasteiger partial charge on any atom is 0.270 e. The van der Waals surface area contributed by atoms with E-state index >= 15 is 0 Å². The molecule has 4 aromatic rings. The van der Waals surface area contributed by atoms with Crippen LogP contribution in [0.4, 0.5) is 11.4 Å². The lowest BCUT2D eigenvalue weighted by molar-refractivity contribution is -0.385. The van der Waals surface area contributed by atoms with E-state index in [0.717, 1.165) is 5.56 Å². The van der Waals surface area contributed by atoms with E-state index in [1.165, 1.54) is 76.8 Å². The van der Waals surface area contributed by atoms with Gasteiger partial charge in [0.15, 0.2) is 11.5 Å². The molecule has 0 spiro atoms. The van der Waals surface area contributed by atoms with Crippen LogP contribution in [0.3, 0.4) is 0 Å². The Morgan fingerprint density at radius 2 is 0.962 bits per heavy atom. The quantitative estimate of drug-likeness (QED) is 0.128. The van der Waals surface area contributed by atoms with Crippen molar-refractivity contribution >= 4 is 23.2 Å². The fourth-order valence-corrected chi connectivity index (χ4v) is 6.29. The van der Waals surface area contributed by atoms with Crippen LogP contribution < -0.4 is 23.7 Å². The second-order valence-electron chi connectivity index (χ2n) is 11.8. The van der Waals surface area contributed by atoms with Gasteiger partial charge in [-0.2, -0.15) is 0 Å². The van der Waals surface area contributed by atoms with Crippen molar-refractivity contribution in [1.29, 1.82) is 0 Å². The average molecular weight is 715 g/mol. The Balaban J connectivity index is 1.49. The molecule has 2 amide bonds. The third kappa shape index (κ3) is 7.24. The number of non-ortho nitro benzene ring substituents is 2. The smallest absolute Gasteiger partial charge is 0.270 e. The molecule has 52 heavy (non-hydrogen) atoms. The maximum absolute atomic E-state index is 14.2. The molecule has 0 aliphatic carbocycles. The summed E-state index contributed by atoms with van der Waals surface area (Å²) < 4.78 is 27.5. The Bertz CT molecular complexity index is 2000.